The average molecular weight is 298 g/mol. The van der Waals surface area contributed by atoms with E-state index in [-0.39, 0.29) is 0 Å². The van der Waals surface area contributed by atoms with Gasteiger partial charge in [-0.05, 0) is 60.3 Å². The Morgan fingerprint density at radius 2 is 2.24 bits per heavy atom. The maximum atomic E-state index is 10.9. The molecule has 92 valence electrons. The molecule has 0 spiro atoms. The largest absolute Gasteiger partial charge is 0.478 e. The molecule has 4 heteroatoms. The van der Waals surface area contributed by atoms with Crippen molar-refractivity contribution < 1.29 is 9.90 Å². The fraction of sp³-hybridized carbons (Fsp3) is 0.462. The van der Waals surface area contributed by atoms with Gasteiger partial charge in [0.25, 0.3) is 0 Å². The molecule has 1 aromatic rings. The first kappa shape index (κ1) is 12.4. The summed E-state index contributed by atoms with van der Waals surface area (Å²) in [4.78, 5) is 13.2. The first-order valence-electron chi connectivity index (χ1n) is 5.89. The standard InChI is InChI=1S/C13H16BrNO2/c1-9-4-2-3-7-15(9)12-6-5-10(13(16)17)8-11(12)14/h5-6,8-9H,2-4,7H2,1H3,(H,16,17)/t9-/m1/s1. The van der Waals surface area contributed by atoms with E-state index in [1.165, 1.54) is 19.3 Å². The number of nitrogens with zero attached hydrogens (tertiary/aromatic N) is 1. The third kappa shape index (κ3) is 2.63. The number of carboxylic acid groups (broad SMARTS) is 1. The predicted octanol–water partition coefficient (Wildman–Crippen LogP) is 3.53. The minimum absolute atomic E-state index is 0.324. The van der Waals surface area contributed by atoms with Crippen LogP contribution >= 0.6 is 15.9 Å². The van der Waals surface area contributed by atoms with E-state index < -0.39 is 5.97 Å². The molecule has 0 aromatic heterocycles. The SMILES string of the molecule is C[C@@H]1CCCCN1c1ccc(C(=O)O)cc1Br. The molecule has 0 amide bonds. The Kier molecular flexibility index (Phi) is 3.72. The van der Waals surface area contributed by atoms with Crippen molar-refractivity contribution in [1.82, 2.24) is 0 Å². The zero-order chi connectivity index (χ0) is 12.4. The Labute approximate surface area is 110 Å². The number of hydrogen-bond donors (Lipinski definition) is 1. The van der Waals surface area contributed by atoms with Gasteiger partial charge in [-0.1, -0.05) is 0 Å². The van der Waals surface area contributed by atoms with Gasteiger partial charge < -0.3 is 10.0 Å². The fourth-order valence-corrected chi connectivity index (χ4v) is 2.94. The van der Waals surface area contributed by atoms with Gasteiger partial charge in [-0.25, -0.2) is 4.79 Å². The van der Waals surface area contributed by atoms with Gasteiger partial charge in [-0.15, -0.1) is 0 Å². The zero-order valence-corrected chi connectivity index (χ0v) is 11.4. The Bertz CT molecular complexity index is 433. The van der Waals surface area contributed by atoms with Gasteiger partial charge in [0.1, 0.15) is 0 Å². The van der Waals surface area contributed by atoms with Crippen molar-refractivity contribution in [2.24, 2.45) is 0 Å². The van der Waals surface area contributed by atoms with E-state index >= 15 is 0 Å². The van der Waals surface area contributed by atoms with E-state index in [9.17, 15) is 4.79 Å². The molecule has 0 radical (unpaired) electrons. The highest BCUT2D eigenvalue weighted by Gasteiger charge is 2.20. The molecular formula is C13H16BrNO2. The summed E-state index contributed by atoms with van der Waals surface area (Å²) in [6, 6.07) is 5.77. The molecule has 1 fully saturated rings. The van der Waals surface area contributed by atoms with Crippen LogP contribution in [-0.4, -0.2) is 23.7 Å². The second-order valence-electron chi connectivity index (χ2n) is 4.51. The number of aromatic carboxylic acids is 1. The highest BCUT2D eigenvalue weighted by atomic mass is 79.9. The number of piperidine rings is 1. The molecule has 1 aliphatic heterocycles. The molecule has 1 saturated heterocycles. The lowest BCUT2D eigenvalue weighted by molar-refractivity contribution is 0.0697. The molecule has 17 heavy (non-hydrogen) atoms. The monoisotopic (exact) mass is 297 g/mol. The van der Waals surface area contributed by atoms with Gasteiger partial charge in [0, 0.05) is 17.1 Å². The molecule has 0 bridgehead atoms. The maximum Gasteiger partial charge on any atom is 0.335 e. The van der Waals surface area contributed by atoms with Crippen LogP contribution in [0.5, 0.6) is 0 Å². The van der Waals surface area contributed by atoms with Crippen molar-refractivity contribution in [3.05, 3.63) is 28.2 Å². The summed E-state index contributed by atoms with van der Waals surface area (Å²) in [5, 5.41) is 8.93. The van der Waals surface area contributed by atoms with Crippen LogP contribution in [0, 0.1) is 0 Å². The fourth-order valence-electron chi connectivity index (χ4n) is 2.33. The summed E-state index contributed by atoms with van der Waals surface area (Å²) in [7, 11) is 0. The normalized spacial score (nSPS) is 20.4. The lowest BCUT2D eigenvalue weighted by Crippen LogP contribution is -2.37. The summed E-state index contributed by atoms with van der Waals surface area (Å²) >= 11 is 3.47. The number of hydrogen-bond acceptors (Lipinski definition) is 2. The lowest BCUT2D eigenvalue weighted by atomic mass is 10.0. The number of carbonyl (C=O) groups is 1. The summed E-state index contributed by atoms with van der Waals surface area (Å²) in [6.45, 7) is 3.27. The summed E-state index contributed by atoms with van der Waals surface area (Å²) in [6.07, 6.45) is 3.69. The molecule has 1 aliphatic rings. The Morgan fingerprint density at radius 3 is 2.82 bits per heavy atom. The van der Waals surface area contributed by atoms with Gasteiger partial charge in [-0.3, -0.25) is 0 Å². The smallest absolute Gasteiger partial charge is 0.335 e. The molecule has 0 saturated carbocycles. The van der Waals surface area contributed by atoms with Crippen LogP contribution in [0.3, 0.4) is 0 Å². The molecule has 1 atom stereocenters. The predicted molar refractivity (Wildman–Crippen MR) is 71.8 cm³/mol. The highest BCUT2D eigenvalue weighted by Crippen LogP contribution is 2.32. The molecule has 0 unspecified atom stereocenters. The van der Waals surface area contributed by atoms with Crippen molar-refractivity contribution in [2.75, 3.05) is 11.4 Å². The van der Waals surface area contributed by atoms with Crippen molar-refractivity contribution in [2.45, 2.75) is 32.2 Å². The number of carboxylic acids is 1. The number of halogens is 1. The van der Waals surface area contributed by atoms with Crippen LogP contribution in [0.25, 0.3) is 0 Å². The molecule has 1 heterocycles. The Balaban J connectivity index is 2.29. The number of benzene rings is 1. The van der Waals surface area contributed by atoms with E-state index in [1.54, 1.807) is 12.1 Å². The van der Waals surface area contributed by atoms with E-state index in [0.717, 1.165) is 16.7 Å². The molecule has 3 nitrogen and oxygen atoms in total. The summed E-state index contributed by atoms with van der Waals surface area (Å²) in [5.74, 6) is -0.885. The van der Waals surface area contributed by atoms with Gasteiger partial charge >= 0.3 is 5.97 Å². The van der Waals surface area contributed by atoms with Crippen LogP contribution in [0.4, 0.5) is 5.69 Å². The Morgan fingerprint density at radius 1 is 1.47 bits per heavy atom. The quantitative estimate of drug-likeness (QED) is 0.908. The van der Waals surface area contributed by atoms with Gasteiger partial charge in [0.05, 0.1) is 11.3 Å². The molecular weight excluding hydrogens is 282 g/mol. The van der Waals surface area contributed by atoms with Crippen molar-refractivity contribution in [3.8, 4) is 0 Å². The minimum atomic E-state index is -0.885. The van der Waals surface area contributed by atoms with Crippen molar-refractivity contribution in [1.29, 1.82) is 0 Å². The summed E-state index contributed by atoms with van der Waals surface area (Å²) in [5.41, 5.74) is 1.42. The van der Waals surface area contributed by atoms with Crippen molar-refractivity contribution in [3.63, 3.8) is 0 Å². The van der Waals surface area contributed by atoms with Crippen molar-refractivity contribution >= 4 is 27.6 Å². The first-order valence-corrected chi connectivity index (χ1v) is 6.68. The van der Waals surface area contributed by atoms with Gasteiger partial charge in [-0.2, -0.15) is 0 Å². The van der Waals surface area contributed by atoms with E-state index in [0.29, 0.717) is 11.6 Å². The first-order chi connectivity index (χ1) is 8.09. The average Bonchev–Trinajstić information content (AvgIpc) is 2.30. The third-order valence-corrected chi connectivity index (χ3v) is 3.94. The van der Waals surface area contributed by atoms with Crippen LogP contribution in [0.2, 0.25) is 0 Å². The van der Waals surface area contributed by atoms with Gasteiger partial charge in [0.15, 0.2) is 0 Å². The van der Waals surface area contributed by atoms with Crippen LogP contribution < -0.4 is 4.90 Å². The van der Waals surface area contributed by atoms with Crippen LogP contribution in [0.1, 0.15) is 36.5 Å². The third-order valence-electron chi connectivity index (χ3n) is 3.31. The number of rotatable bonds is 2. The molecule has 1 N–H and O–H groups in total. The van der Waals surface area contributed by atoms with E-state index in [4.69, 9.17) is 5.11 Å². The lowest BCUT2D eigenvalue weighted by Gasteiger charge is -2.36. The topological polar surface area (TPSA) is 40.5 Å². The molecule has 0 aliphatic carbocycles. The van der Waals surface area contributed by atoms with E-state index in [2.05, 4.69) is 27.8 Å². The van der Waals surface area contributed by atoms with Crippen LogP contribution in [-0.2, 0) is 0 Å². The zero-order valence-electron chi connectivity index (χ0n) is 9.82. The second kappa shape index (κ2) is 5.08. The maximum absolute atomic E-state index is 10.9. The highest BCUT2D eigenvalue weighted by molar-refractivity contribution is 9.10. The molecule has 1 aromatic carbocycles. The molecule has 2 rings (SSSR count). The summed E-state index contributed by atoms with van der Waals surface area (Å²) < 4.78 is 0.867. The van der Waals surface area contributed by atoms with Crippen LogP contribution in [0.15, 0.2) is 22.7 Å². The second-order valence-corrected chi connectivity index (χ2v) is 5.36. The van der Waals surface area contributed by atoms with Gasteiger partial charge in [0.2, 0.25) is 0 Å². The number of anilines is 1. The Hall–Kier alpha value is -1.03. The minimum Gasteiger partial charge on any atom is -0.478 e. The van der Waals surface area contributed by atoms with E-state index in [1.807, 2.05) is 6.07 Å².